The number of para-hydroxylation sites is 2. The molecule has 0 unspecified atom stereocenters. The van der Waals surface area contributed by atoms with Gasteiger partial charge in [0.25, 0.3) is 0 Å². The first-order valence-electron chi connectivity index (χ1n) is 12.3. The average molecular weight is 470 g/mol. The molecule has 0 radical (unpaired) electrons. The number of anilines is 1. The van der Waals surface area contributed by atoms with E-state index < -0.39 is 0 Å². The number of fused-ring (bicyclic) bond motifs is 1. The fourth-order valence-corrected chi connectivity index (χ4v) is 4.51. The molecule has 5 rings (SSSR count). The van der Waals surface area contributed by atoms with E-state index in [4.69, 9.17) is 14.4 Å². The molecule has 0 N–H and O–H groups in total. The first-order valence-corrected chi connectivity index (χ1v) is 12.3. The Kier molecular flexibility index (Phi) is 6.49. The topological polar surface area (TPSA) is 75.4 Å². The number of aromatic nitrogens is 3. The molecule has 1 aliphatic rings. The first-order chi connectivity index (χ1) is 17.0. The van der Waals surface area contributed by atoms with Crippen molar-refractivity contribution < 1.29 is 9.21 Å². The van der Waals surface area contributed by atoms with Crippen LogP contribution in [0.3, 0.4) is 0 Å². The quantitative estimate of drug-likeness (QED) is 0.396. The fourth-order valence-electron chi connectivity index (χ4n) is 4.51. The van der Waals surface area contributed by atoms with Gasteiger partial charge in [0.1, 0.15) is 0 Å². The number of hydrogen-bond donors (Lipinski definition) is 0. The van der Waals surface area contributed by atoms with Crippen LogP contribution < -0.4 is 4.90 Å². The third-order valence-electron chi connectivity index (χ3n) is 6.62. The van der Waals surface area contributed by atoms with Crippen LogP contribution in [0.5, 0.6) is 0 Å². The van der Waals surface area contributed by atoms with Crippen LogP contribution in [0.15, 0.2) is 59.1 Å². The van der Waals surface area contributed by atoms with Gasteiger partial charge in [-0.3, -0.25) is 4.79 Å². The van der Waals surface area contributed by atoms with Crippen LogP contribution in [-0.2, 0) is 11.2 Å². The van der Waals surface area contributed by atoms with Gasteiger partial charge in [-0.15, -0.1) is 0 Å². The second-order valence-electron chi connectivity index (χ2n) is 9.38. The molecular formula is C28H31N5O2. The molecule has 2 aromatic heterocycles. The highest BCUT2D eigenvalue weighted by Crippen LogP contribution is 2.24. The van der Waals surface area contributed by atoms with E-state index in [9.17, 15) is 4.79 Å². The molecule has 180 valence electrons. The smallest absolute Gasteiger partial charge is 0.223 e. The van der Waals surface area contributed by atoms with Crippen LogP contribution in [0, 0.1) is 6.92 Å². The van der Waals surface area contributed by atoms with Crippen molar-refractivity contribution in [3.05, 3.63) is 71.9 Å². The predicted molar refractivity (Wildman–Crippen MR) is 137 cm³/mol. The van der Waals surface area contributed by atoms with E-state index in [2.05, 4.69) is 48.0 Å². The van der Waals surface area contributed by atoms with Crippen LogP contribution in [0.1, 0.15) is 43.3 Å². The minimum absolute atomic E-state index is 0.131. The van der Waals surface area contributed by atoms with Crippen LogP contribution in [0.2, 0.25) is 0 Å². The van der Waals surface area contributed by atoms with Crippen LogP contribution in [-0.4, -0.2) is 51.9 Å². The average Bonchev–Trinajstić information content (AvgIpc) is 3.36. The van der Waals surface area contributed by atoms with E-state index in [0.717, 1.165) is 47.0 Å². The lowest BCUT2D eigenvalue weighted by Gasteiger charge is -2.36. The van der Waals surface area contributed by atoms with Gasteiger partial charge in [0.15, 0.2) is 17.5 Å². The van der Waals surface area contributed by atoms with Crippen molar-refractivity contribution in [1.82, 2.24) is 19.9 Å². The van der Waals surface area contributed by atoms with Gasteiger partial charge in [-0.05, 0) is 30.5 Å². The van der Waals surface area contributed by atoms with Crippen molar-refractivity contribution in [2.75, 3.05) is 31.1 Å². The van der Waals surface area contributed by atoms with Crippen molar-refractivity contribution in [3.8, 4) is 11.3 Å². The summed E-state index contributed by atoms with van der Waals surface area (Å²) in [5, 5.41) is 0. The third kappa shape index (κ3) is 5.04. The lowest BCUT2D eigenvalue weighted by atomic mass is 10.0. The largest absolute Gasteiger partial charge is 0.441 e. The monoisotopic (exact) mass is 469 g/mol. The van der Waals surface area contributed by atoms with Gasteiger partial charge in [0, 0.05) is 44.6 Å². The molecule has 0 bridgehead atoms. The summed E-state index contributed by atoms with van der Waals surface area (Å²) in [6.45, 7) is 9.19. The Hall–Kier alpha value is -3.74. The third-order valence-corrected chi connectivity index (χ3v) is 6.62. The van der Waals surface area contributed by atoms with Crippen molar-refractivity contribution in [2.45, 2.75) is 39.5 Å². The van der Waals surface area contributed by atoms with Gasteiger partial charge in [0.05, 0.1) is 22.9 Å². The molecule has 0 saturated carbocycles. The van der Waals surface area contributed by atoms with Gasteiger partial charge >= 0.3 is 0 Å². The zero-order valence-electron chi connectivity index (χ0n) is 20.6. The van der Waals surface area contributed by atoms with Crippen molar-refractivity contribution in [2.24, 2.45) is 0 Å². The standard InChI is InChI=1S/C28H31N5O2/c1-19(2)21-8-10-22(11-9-21)25-18-29-26(35-25)12-13-27(34)32-14-16-33(17-15-32)28-20(3)30-23-6-4-5-7-24(23)31-28/h4-11,18-19H,12-17H2,1-3H3. The Labute approximate surface area is 205 Å². The van der Waals surface area contributed by atoms with E-state index in [0.29, 0.717) is 37.7 Å². The summed E-state index contributed by atoms with van der Waals surface area (Å²) in [7, 11) is 0. The van der Waals surface area contributed by atoms with Gasteiger partial charge in [-0.1, -0.05) is 50.2 Å². The van der Waals surface area contributed by atoms with Crippen LogP contribution in [0.25, 0.3) is 22.4 Å². The predicted octanol–water partition coefficient (Wildman–Crippen LogP) is 5.00. The summed E-state index contributed by atoms with van der Waals surface area (Å²) < 4.78 is 5.93. The van der Waals surface area contributed by atoms with Gasteiger partial charge in [-0.25, -0.2) is 15.0 Å². The molecule has 7 nitrogen and oxygen atoms in total. The second kappa shape index (κ2) is 9.86. The number of rotatable bonds is 6. The number of carbonyl (C=O) groups excluding carboxylic acids is 1. The highest BCUT2D eigenvalue weighted by atomic mass is 16.4. The molecule has 1 saturated heterocycles. The molecule has 35 heavy (non-hydrogen) atoms. The van der Waals surface area contributed by atoms with Gasteiger partial charge < -0.3 is 14.2 Å². The number of piperazine rings is 1. The molecule has 3 heterocycles. The summed E-state index contributed by atoms with van der Waals surface area (Å²) >= 11 is 0. The lowest BCUT2D eigenvalue weighted by molar-refractivity contribution is -0.131. The van der Waals surface area contributed by atoms with Crippen molar-refractivity contribution in [3.63, 3.8) is 0 Å². The molecule has 2 aromatic carbocycles. The van der Waals surface area contributed by atoms with E-state index in [-0.39, 0.29) is 5.91 Å². The first kappa shape index (κ1) is 23.0. The van der Waals surface area contributed by atoms with Crippen molar-refractivity contribution in [1.29, 1.82) is 0 Å². The van der Waals surface area contributed by atoms with Gasteiger partial charge in [0.2, 0.25) is 5.91 Å². The number of oxazole rings is 1. The maximum absolute atomic E-state index is 12.8. The summed E-state index contributed by atoms with van der Waals surface area (Å²) in [5.74, 6) is 2.87. The van der Waals surface area contributed by atoms with E-state index >= 15 is 0 Å². The molecule has 1 amide bonds. The zero-order chi connectivity index (χ0) is 24.4. The lowest BCUT2D eigenvalue weighted by Crippen LogP contribution is -2.49. The Balaban J connectivity index is 1.15. The maximum atomic E-state index is 12.8. The number of aryl methyl sites for hydroxylation is 2. The molecule has 1 aliphatic heterocycles. The van der Waals surface area contributed by atoms with Gasteiger partial charge in [-0.2, -0.15) is 0 Å². The minimum Gasteiger partial charge on any atom is -0.441 e. The molecule has 1 fully saturated rings. The van der Waals surface area contributed by atoms with E-state index in [1.54, 1.807) is 6.20 Å². The highest BCUT2D eigenvalue weighted by Gasteiger charge is 2.24. The summed E-state index contributed by atoms with van der Waals surface area (Å²) in [5.41, 5.74) is 5.02. The van der Waals surface area contributed by atoms with E-state index in [1.807, 2.05) is 36.1 Å². The molecule has 7 heteroatoms. The number of hydrogen-bond acceptors (Lipinski definition) is 6. The Bertz CT molecular complexity index is 1320. The number of nitrogens with zero attached hydrogens (tertiary/aromatic N) is 5. The Morgan fingerprint density at radius 1 is 0.971 bits per heavy atom. The number of carbonyl (C=O) groups is 1. The minimum atomic E-state index is 0.131. The zero-order valence-corrected chi connectivity index (χ0v) is 20.6. The SMILES string of the molecule is Cc1nc2ccccc2nc1N1CCN(C(=O)CCc2ncc(-c3ccc(C(C)C)cc3)o2)CC1. The fraction of sp³-hybridized carbons (Fsp3) is 0.357. The maximum Gasteiger partial charge on any atom is 0.223 e. The summed E-state index contributed by atoms with van der Waals surface area (Å²) in [6, 6.07) is 16.3. The normalized spacial score (nSPS) is 14.2. The molecule has 0 spiro atoms. The molecule has 4 aromatic rings. The van der Waals surface area contributed by atoms with E-state index in [1.165, 1.54) is 5.56 Å². The Morgan fingerprint density at radius 2 is 1.66 bits per heavy atom. The van der Waals surface area contributed by atoms with Crippen LogP contribution in [0.4, 0.5) is 5.82 Å². The molecule has 0 aliphatic carbocycles. The number of benzene rings is 2. The summed E-state index contributed by atoms with van der Waals surface area (Å²) in [4.78, 5) is 30.9. The Morgan fingerprint density at radius 3 is 2.34 bits per heavy atom. The summed E-state index contributed by atoms with van der Waals surface area (Å²) in [6.07, 6.45) is 2.63. The number of amides is 1. The van der Waals surface area contributed by atoms with Crippen molar-refractivity contribution >= 4 is 22.8 Å². The molecule has 0 atom stereocenters. The molecular weight excluding hydrogens is 438 g/mol. The highest BCUT2D eigenvalue weighted by molar-refractivity contribution is 5.78. The second-order valence-corrected chi connectivity index (χ2v) is 9.38. The van der Waals surface area contributed by atoms with Crippen LogP contribution >= 0.6 is 0 Å².